The zero-order valence-electron chi connectivity index (χ0n) is 10.5. The predicted octanol–water partition coefficient (Wildman–Crippen LogP) is 3.10. The molecule has 1 N–H and O–H groups in total. The van der Waals surface area contributed by atoms with E-state index in [1.807, 2.05) is 12.1 Å². The second-order valence-corrected chi connectivity index (χ2v) is 5.45. The van der Waals surface area contributed by atoms with Crippen LogP contribution in [0.4, 0.5) is 0 Å². The van der Waals surface area contributed by atoms with Crippen LogP contribution in [0.2, 0.25) is 0 Å². The lowest BCUT2D eigenvalue weighted by molar-refractivity contribution is 0.0484. The molecular formula is C13H19BrO3. The van der Waals surface area contributed by atoms with Crippen LogP contribution in [0.3, 0.4) is 0 Å². The second kappa shape index (κ2) is 6.38. The van der Waals surface area contributed by atoms with Gasteiger partial charge >= 0.3 is 0 Å². The van der Waals surface area contributed by atoms with Gasteiger partial charge in [-0.15, -0.1) is 0 Å². The zero-order valence-corrected chi connectivity index (χ0v) is 12.1. The van der Waals surface area contributed by atoms with Crippen molar-refractivity contribution in [2.75, 3.05) is 26.9 Å². The number of halogens is 1. The van der Waals surface area contributed by atoms with Crippen molar-refractivity contribution in [3.05, 3.63) is 28.2 Å². The largest absolute Gasteiger partial charge is 0.507 e. The van der Waals surface area contributed by atoms with Crippen molar-refractivity contribution in [1.82, 2.24) is 0 Å². The molecule has 0 aliphatic rings. The second-order valence-electron chi connectivity index (χ2n) is 4.60. The van der Waals surface area contributed by atoms with Gasteiger partial charge in [-0.2, -0.15) is 0 Å². The lowest BCUT2D eigenvalue weighted by Crippen LogP contribution is -2.25. The summed E-state index contributed by atoms with van der Waals surface area (Å²) in [6.07, 6.45) is 0. The highest BCUT2D eigenvalue weighted by molar-refractivity contribution is 9.10. The number of ether oxygens (including phenoxy) is 2. The van der Waals surface area contributed by atoms with E-state index in [9.17, 15) is 5.11 Å². The van der Waals surface area contributed by atoms with E-state index in [0.29, 0.717) is 24.3 Å². The number of aromatic hydroxyl groups is 1. The first kappa shape index (κ1) is 14.5. The fraction of sp³-hybridized carbons (Fsp3) is 0.538. The molecule has 1 rings (SSSR count). The SMILES string of the molecule is COCCOCC(C)(C)c1ccc(Br)c(O)c1. The number of phenols is 1. The first-order valence-electron chi connectivity index (χ1n) is 5.53. The summed E-state index contributed by atoms with van der Waals surface area (Å²) < 4.78 is 11.2. The normalized spacial score (nSPS) is 11.8. The Morgan fingerprint density at radius 3 is 2.59 bits per heavy atom. The van der Waals surface area contributed by atoms with Crippen LogP contribution >= 0.6 is 15.9 Å². The van der Waals surface area contributed by atoms with Crippen molar-refractivity contribution in [3.63, 3.8) is 0 Å². The molecule has 0 atom stereocenters. The van der Waals surface area contributed by atoms with E-state index in [2.05, 4.69) is 29.8 Å². The highest BCUT2D eigenvalue weighted by atomic mass is 79.9. The van der Waals surface area contributed by atoms with Crippen LogP contribution in [0.25, 0.3) is 0 Å². The smallest absolute Gasteiger partial charge is 0.130 e. The molecule has 0 aliphatic heterocycles. The van der Waals surface area contributed by atoms with Crippen molar-refractivity contribution < 1.29 is 14.6 Å². The van der Waals surface area contributed by atoms with Crippen LogP contribution in [0.15, 0.2) is 22.7 Å². The lowest BCUT2D eigenvalue weighted by atomic mass is 9.85. The van der Waals surface area contributed by atoms with E-state index in [4.69, 9.17) is 9.47 Å². The molecule has 3 nitrogen and oxygen atoms in total. The molecule has 1 aromatic carbocycles. The first-order valence-corrected chi connectivity index (χ1v) is 6.32. The minimum atomic E-state index is -0.133. The predicted molar refractivity (Wildman–Crippen MR) is 71.5 cm³/mol. The Hall–Kier alpha value is -0.580. The average molecular weight is 303 g/mol. The third-order valence-electron chi connectivity index (χ3n) is 2.62. The number of methoxy groups -OCH3 is 1. The lowest BCUT2D eigenvalue weighted by Gasteiger charge is -2.25. The highest BCUT2D eigenvalue weighted by Gasteiger charge is 2.21. The third-order valence-corrected chi connectivity index (χ3v) is 3.29. The fourth-order valence-corrected chi connectivity index (χ4v) is 1.73. The van der Waals surface area contributed by atoms with Crippen molar-refractivity contribution in [1.29, 1.82) is 0 Å². The van der Waals surface area contributed by atoms with Crippen LogP contribution < -0.4 is 0 Å². The molecule has 17 heavy (non-hydrogen) atoms. The van der Waals surface area contributed by atoms with Crippen molar-refractivity contribution in [3.8, 4) is 5.75 Å². The summed E-state index contributed by atoms with van der Waals surface area (Å²) in [5.41, 5.74) is 0.918. The van der Waals surface area contributed by atoms with Gasteiger partial charge in [-0.25, -0.2) is 0 Å². The van der Waals surface area contributed by atoms with Gasteiger partial charge in [0.15, 0.2) is 0 Å². The van der Waals surface area contributed by atoms with Crippen LogP contribution in [0, 0.1) is 0 Å². The van der Waals surface area contributed by atoms with Gasteiger partial charge in [0.1, 0.15) is 5.75 Å². The summed E-state index contributed by atoms with van der Waals surface area (Å²) in [5, 5.41) is 9.67. The molecular weight excluding hydrogens is 284 g/mol. The van der Waals surface area contributed by atoms with Crippen LogP contribution in [-0.2, 0) is 14.9 Å². The van der Waals surface area contributed by atoms with Crippen LogP contribution in [0.5, 0.6) is 5.75 Å². The van der Waals surface area contributed by atoms with Gasteiger partial charge in [-0.1, -0.05) is 19.9 Å². The molecule has 0 saturated heterocycles. The summed E-state index contributed by atoms with van der Waals surface area (Å²) in [4.78, 5) is 0. The molecule has 1 aromatic rings. The molecule has 0 aliphatic carbocycles. The molecule has 0 unspecified atom stereocenters. The van der Waals surface area contributed by atoms with Gasteiger partial charge in [0.05, 0.1) is 24.3 Å². The van der Waals surface area contributed by atoms with Gasteiger partial charge in [-0.3, -0.25) is 0 Å². The summed E-state index contributed by atoms with van der Waals surface area (Å²) >= 11 is 3.27. The topological polar surface area (TPSA) is 38.7 Å². The van der Waals surface area contributed by atoms with E-state index in [1.165, 1.54) is 0 Å². The maximum atomic E-state index is 9.67. The van der Waals surface area contributed by atoms with E-state index in [0.717, 1.165) is 5.56 Å². The Kier molecular flexibility index (Phi) is 5.43. The van der Waals surface area contributed by atoms with E-state index in [-0.39, 0.29) is 11.2 Å². The van der Waals surface area contributed by atoms with Gasteiger partial charge in [0.2, 0.25) is 0 Å². The Morgan fingerprint density at radius 2 is 2.00 bits per heavy atom. The average Bonchev–Trinajstić information content (AvgIpc) is 2.28. The Bertz CT molecular complexity index is 364. The summed E-state index contributed by atoms with van der Waals surface area (Å²) in [6.45, 7) is 5.95. The number of hydrogen-bond donors (Lipinski definition) is 1. The van der Waals surface area contributed by atoms with E-state index >= 15 is 0 Å². The highest BCUT2D eigenvalue weighted by Crippen LogP contribution is 2.31. The summed E-state index contributed by atoms with van der Waals surface area (Å²) in [7, 11) is 1.65. The van der Waals surface area contributed by atoms with Crippen LogP contribution in [0.1, 0.15) is 19.4 Å². The standard InChI is InChI=1S/C13H19BrO3/c1-13(2,9-17-7-6-16-3)10-4-5-11(14)12(15)8-10/h4-5,8,15H,6-7,9H2,1-3H3. The van der Waals surface area contributed by atoms with Crippen molar-refractivity contribution >= 4 is 15.9 Å². The molecule has 0 fully saturated rings. The molecule has 4 heteroatoms. The molecule has 0 spiro atoms. The van der Waals surface area contributed by atoms with Gasteiger partial charge in [0.25, 0.3) is 0 Å². The number of hydrogen-bond acceptors (Lipinski definition) is 3. The first-order chi connectivity index (χ1) is 7.97. The van der Waals surface area contributed by atoms with Gasteiger partial charge in [-0.05, 0) is 33.6 Å². The zero-order chi connectivity index (χ0) is 12.9. The molecule has 0 radical (unpaired) electrons. The van der Waals surface area contributed by atoms with Gasteiger partial charge < -0.3 is 14.6 Å². The van der Waals surface area contributed by atoms with Crippen molar-refractivity contribution in [2.45, 2.75) is 19.3 Å². The fourth-order valence-electron chi connectivity index (χ4n) is 1.49. The number of phenolic OH excluding ortho intramolecular Hbond substituents is 1. The molecule has 0 aromatic heterocycles. The molecule has 0 saturated carbocycles. The maximum absolute atomic E-state index is 9.67. The number of rotatable bonds is 6. The maximum Gasteiger partial charge on any atom is 0.130 e. The minimum Gasteiger partial charge on any atom is -0.507 e. The number of benzene rings is 1. The van der Waals surface area contributed by atoms with E-state index in [1.54, 1.807) is 13.2 Å². The summed E-state index contributed by atoms with van der Waals surface area (Å²) in [5.74, 6) is 0.257. The Labute approximate surface area is 111 Å². The van der Waals surface area contributed by atoms with E-state index < -0.39 is 0 Å². The van der Waals surface area contributed by atoms with Crippen LogP contribution in [-0.4, -0.2) is 32.0 Å². The quantitative estimate of drug-likeness (QED) is 0.821. The third kappa shape index (κ3) is 4.30. The minimum absolute atomic E-state index is 0.133. The van der Waals surface area contributed by atoms with Crippen molar-refractivity contribution in [2.24, 2.45) is 0 Å². The molecule has 0 bridgehead atoms. The molecule has 0 heterocycles. The Morgan fingerprint density at radius 1 is 1.29 bits per heavy atom. The molecule has 0 amide bonds. The summed E-state index contributed by atoms with van der Waals surface area (Å²) in [6, 6.07) is 5.61. The monoisotopic (exact) mass is 302 g/mol. The Balaban J connectivity index is 2.64. The van der Waals surface area contributed by atoms with Gasteiger partial charge in [0, 0.05) is 12.5 Å². The molecule has 96 valence electrons.